The molecule has 0 aliphatic heterocycles. The summed E-state index contributed by atoms with van der Waals surface area (Å²) in [5.74, 6) is 0.367. The van der Waals surface area contributed by atoms with Gasteiger partial charge in [-0.3, -0.25) is 0 Å². The maximum Gasteiger partial charge on any atom is 0.247 e. The molecule has 1 rings (SSSR count). The largest absolute Gasteiger partial charge is 0.413 e. The molecule has 1 aromatic rings. The monoisotopic (exact) mass is 191 g/mol. The number of hydrogen-bond acceptors (Lipinski definition) is 1. The van der Waals surface area contributed by atoms with E-state index in [2.05, 4.69) is 55.5 Å². The molecule has 13 heavy (non-hydrogen) atoms. The summed E-state index contributed by atoms with van der Waals surface area (Å²) in [5.41, 5.74) is 1.11. The second kappa shape index (κ2) is 4.07. The molecule has 1 atom stereocenters. The van der Waals surface area contributed by atoms with E-state index in [1.54, 1.807) is 0 Å². The Bertz CT molecular complexity index is 256. The molecule has 0 amide bonds. The highest BCUT2D eigenvalue weighted by Crippen LogP contribution is 2.29. The molecule has 2 heteroatoms. The van der Waals surface area contributed by atoms with Gasteiger partial charge in [0.1, 0.15) is 0 Å². The number of hydrogen-bond donors (Lipinski definition) is 0. The summed E-state index contributed by atoms with van der Waals surface area (Å²) in [4.78, 5) is 0. The van der Waals surface area contributed by atoms with Crippen LogP contribution >= 0.6 is 0 Å². The molecule has 0 heterocycles. The molecule has 1 unspecified atom stereocenters. The lowest BCUT2D eigenvalue weighted by Crippen LogP contribution is -2.30. The van der Waals surface area contributed by atoms with Gasteiger partial charge in [-0.15, -0.1) is 0 Å². The van der Waals surface area contributed by atoms with Gasteiger partial charge in [-0.05, 0) is 19.4 Å². The van der Waals surface area contributed by atoms with Crippen molar-refractivity contribution in [2.24, 2.45) is 0 Å². The summed E-state index contributed by atoms with van der Waals surface area (Å²) in [7, 11) is 3.12. The second-order valence-corrected chi connectivity index (χ2v) is 4.04. The maximum atomic E-state index is 5.26. The second-order valence-electron chi connectivity index (χ2n) is 3.84. The molecule has 0 aromatic heterocycles. The van der Waals surface area contributed by atoms with Crippen molar-refractivity contribution in [1.29, 1.82) is 0 Å². The Morgan fingerprint density at radius 3 is 2.23 bits per heavy atom. The Morgan fingerprint density at radius 2 is 1.77 bits per heavy atom. The van der Waals surface area contributed by atoms with Gasteiger partial charge in [-0.1, -0.05) is 37.3 Å². The summed E-state index contributed by atoms with van der Waals surface area (Å²) in [6.07, 6.45) is 0. The zero-order chi connectivity index (χ0) is 9.90. The Morgan fingerprint density at radius 1 is 1.23 bits per heavy atom. The molecule has 3 radical (unpaired) electrons. The predicted octanol–water partition coefficient (Wildman–Crippen LogP) is 2.67. The van der Waals surface area contributed by atoms with E-state index in [-0.39, 0.29) is 5.60 Å². The predicted molar refractivity (Wildman–Crippen MR) is 55.8 cm³/mol. The molecule has 0 N–H and O–H groups in total. The Hall–Kier alpha value is -0.603. The van der Waals surface area contributed by atoms with E-state index in [1.165, 1.54) is 5.56 Å². The highest BCUT2D eigenvalue weighted by atomic mass is 28.2. The van der Waals surface area contributed by atoms with Crippen molar-refractivity contribution < 1.29 is 4.43 Å². The van der Waals surface area contributed by atoms with Crippen LogP contribution in [-0.4, -0.2) is 16.1 Å². The van der Waals surface area contributed by atoms with Crippen molar-refractivity contribution >= 4 is 10.5 Å². The molecule has 0 fully saturated rings. The first-order valence-corrected chi connectivity index (χ1v) is 4.88. The summed E-state index contributed by atoms with van der Waals surface area (Å²) in [5, 5.41) is 0. The molecule has 0 saturated heterocycles. The van der Waals surface area contributed by atoms with Gasteiger partial charge in [0.05, 0.1) is 5.60 Å². The molecule has 0 spiro atoms. The van der Waals surface area contributed by atoms with E-state index in [1.807, 2.05) is 6.07 Å². The third kappa shape index (κ3) is 2.42. The smallest absolute Gasteiger partial charge is 0.247 e. The summed E-state index contributed by atoms with van der Waals surface area (Å²) in [6, 6.07) is 10.4. The van der Waals surface area contributed by atoms with Crippen LogP contribution in [0.15, 0.2) is 30.3 Å². The van der Waals surface area contributed by atoms with Crippen molar-refractivity contribution in [3.63, 3.8) is 0 Å². The third-order valence-electron chi connectivity index (χ3n) is 2.61. The normalized spacial score (nSPS) is 14.2. The first kappa shape index (κ1) is 10.5. The van der Waals surface area contributed by atoms with Gasteiger partial charge in [-0.25, -0.2) is 0 Å². The van der Waals surface area contributed by atoms with Crippen molar-refractivity contribution in [2.75, 3.05) is 0 Å². The highest BCUT2D eigenvalue weighted by molar-refractivity contribution is 5.98. The molecule has 0 bridgehead atoms. The van der Waals surface area contributed by atoms with Gasteiger partial charge < -0.3 is 4.43 Å². The summed E-state index contributed by atoms with van der Waals surface area (Å²) < 4.78 is 5.26. The molecule has 0 aliphatic carbocycles. The number of benzene rings is 1. The van der Waals surface area contributed by atoms with Gasteiger partial charge in [0.25, 0.3) is 0 Å². The lowest BCUT2D eigenvalue weighted by atomic mass is 9.86. The van der Waals surface area contributed by atoms with Crippen LogP contribution in [0.3, 0.4) is 0 Å². The van der Waals surface area contributed by atoms with Crippen molar-refractivity contribution in [3.8, 4) is 0 Å². The minimum atomic E-state index is -0.182. The summed E-state index contributed by atoms with van der Waals surface area (Å²) in [6.45, 7) is 6.30. The lowest BCUT2D eigenvalue weighted by molar-refractivity contribution is 0.0961. The van der Waals surface area contributed by atoms with Gasteiger partial charge >= 0.3 is 0 Å². The zero-order valence-electron chi connectivity index (χ0n) is 8.37. The van der Waals surface area contributed by atoms with Crippen LogP contribution in [0.5, 0.6) is 0 Å². The highest BCUT2D eigenvalue weighted by Gasteiger charge is 2.25. The van der Waals surface area contributed by atoms with Crippen LogP contribution in [0.4, 0.5) is 0 Å². The molecular weight excluding hydrogens is 176 g/mol. The number of rotatable bonds is 3. The Kier molecular flexibility index (Phi) is 3.28. The van der Waals surface area contributed by atoms with Crippen LogP contribution in [0.2, 0.25) is 0 Å². The first-order valence-electron chi connectivity index (χ1n) is 4.47. The fourth-order valence-corrected chi connectivity index (χ4v) is 1.41. The van der Waals surface area contributed by atoms with Crippen molar-refractivity contribution in [2.45, 2.75) is 32.3 Å². The van der Waals surface area contributed by atoms with Crippen molar-refractivity contribution in [3.05, 3.63) is 35.9 Å². The minimum Gasteiger partial charge on any atom is -0.413 e. The fourth-order valence-electron chi connectivity index (χ4n) is 1.23. The van der Waals surface area contributed by atoms with Crippen LogP contribution < -0.4 is 0 Å². The molecule has 0 saturated carbocycles. The van der Waals surface area contributed by atoms with Crippen LogP contribution in [-0.2, 0) is 4.43 Å². The van der Waals surface area contributed by atoms with E-state index >= 15 is 0 Å². The maximum absolute atomic E-state index is 5.26. The summed E-state index contributed by atoms with van der Waals surface area (Å²) >= 11 is 0. The fraction of sp³-hybridized carbons (Fsp3) is 0.455. The molecule has 69 valence electrons. The van der Waals surface area contributed by atoms with Crippen molar-refractivity contribution in [1.82, 2.24) is 0 Å². The van der Waals surface area contributed by atoms with Crippen LogP contribution in [0, 0.1) is 0 Å². The molecular formula is C11H15OSi. The lowest BCUT2D eigenvalue weighted by Gasteiger charge is -2.31. The standard InChI is InChI=1S/C11H15OSi/c1-9(11(2,3)12-13)10-7-5-4-6-8-10/h4-9H,1-3H3. The first-order chi connectivity index (χ1) is 6.08. The zero-order valence-corrected chi connectivity index (χ0v) is 9.37. The van der Waals surface area contributed by atoms with Gasteiger partial charge in [0.2, 0.25) is 10.5 Å². The van der Waals surface area contributed by atoms with Gasteiger partial charge in [0, 0.05) is 5.92 Å². The Labute approximate surface area is 83.7 Å². The van der Waals surface area contributed by atoms with Gasteiger partial charge in [-0.2, -0.15) is 0 Å². The van der Waals surface area contributed by atoms with Crippen LogP contribution in [0.25, 0.3) is 0 Å². The average Bonchev–Trinajstić information content (AvgIpc) is 2.18. The van der Waals surface area contributed by atoms with E-state index in [0.717, 1.165) is 0 Å². The van der Waals surface area contributed by atoms with E-state index < -0.39 is 0 Å². The van der Waals surface area contributed by atoms with Crippen LogP contribution in [0.1, 0.15) is 32.3 Å². The SMILES string of the molecule is CC(c1ccccc1)C(C)(C)O[Si]. The molecule has 1 nitrogen and oxygen atoms in total. The van der Waals surface area contributed by atoms with Gasteiger partial charge in [0.15, 0.2) is 0 Å². The Balaban J connectivity index is 2.85. The topological polar surface area (TPSA) is 9.23 Å². The third-order valence-corrected chi connectivity index (χ3v) is 3.13. The molecule has 1 aromatic carbocycles. The molecule has 0 aliphatic rings. The van der Waals surface area contributed by atoms with E-state index in [0.29, 0.717) is 5.92 Å². The quantitative estimate of drug-likeness (QED) is 0.667. The average molecular weight is 191 g/mol. The van der Waals surface area contributed by atoms with E-state index in [9.17, 15) is 0 Å². The van der Waals surface area contributed by atoms with E-state index in [4.69, 9.17) is 4.43 Å². The minimum absolute atomic E-state index is 0.182.